The zero-order valence-corrected chi connectivity index (χ0v) is 10.5. The summed E-state index contributed by atoms with van der Waals surface area (Å²) < 4.78 is 20.2. The van der Waals surface area contributed by atoms with Gasteiger partial charge in [-0.1, -0.05) is 0 Å². The molecule has 96 valence electrons. The van der Waals surface area contributed by atoms with Gasteiger partial charge in [0.1, 0.15) is 0 Å². The second-order valence-electron chi connectivity index (χ2n) is 3.87. The van der Waals surface area contributed by atoms with Crippen molar-refractivity contribution in [1.82, 2.24) is 9.55 Å². The first-order valence-electron chi connectivity index (χ1n) is 5.81. The summed E-state index contributed by atoms with van der Waals surface area (Å²) in [4.78, 5) is 4.09. The van der Waals surface area contributed by atoms with Gasteiger partial charge >= 0.3 is 0 Å². The molecular formula is C13H16FN3O. The third-order valence-electron chi connectivity index (χ3n) is 2.76. The zero-order valence-electron chi connectivity index (χ0n) is 10.5. The highest BCUT2D eigenvalue weighted by Gasteiger charge is 2.04. The van der Waals surface area contributed by atoms with Crippen LogP contribution < -0.4 is 10.1 Å². The third-order valence-corrected chi connectivity index (χ3v) is 2.76. The Labute approximate surface area is 105 Å². The summed E-state index contributed by atoms with van der Waals surface area (Å²) in [6, 6.07) is 4.71. The number of methoxy groups -OCH3 is 1. The molecule has 0 bridgehead atoms. The van der Waals surface area contributed by atoms with E-state index < -0.39 is 0 Å². The van der Waals surface area contributed by atoms with Crippen molar-refractivity contribution in [2.45, 2.75) is 20.0 Å². The fourth-order valence-corrected chi connectivity index (χ4v) is 1.74. The standard InChI is InChI=1S/C13H16FN3O/c1-3-17-9-15-7-11(17)8-16-10-4-5-12(14)13(6-10)18-2/h4-7,9,16H,3,8H2,1-2H3. The molecule has 0 radical (unpaired) electrons. The second kappa shape index (κ2) is 5.53. The van der Waals surface area contributed by atoms with Crippen LogP contribution in [0, 0.1) is 5.82 Å². The largest absolute Gasteiger partial charge is 0.494 e. The predicted octanol–water partition coefficient (Wildman–Crippen LogP) is 2.66. The lowest BCUT2D eigenvalue weighted by Gasteiger charge is -2.10. The smallest absolute Gasteiger partial charge is 0.165 e. The van der Waals surface area contributed by atoms with Gasteiger partial charge in [-0.15, -0.1) is 0 Å². The molecule has 0 saturated carbocycles. The number of hydrogen-bond donors (Lipinski definition) is 1. The Bertz CT molecular complexity index is 525. The van der Waals surface area contributed by atoms with Crippen LogP contribution in [0.3, 0.4) is 0 Å². The van der Waals surface area contributed by atoms with Gasteiger partial charge in [-0.25, -0.2) is 9.37 Å². The van der Waals surface area contributed by atoms with Gasteiger partial charge in [-0.3, -0.25) is 0 Å². The van der Waals surface area contributed by atoms with Crippen molar-refractivity contribution in [1.29, 1.82) is 0 Å². The highest BCUT2D eigenvalue weighted by atomic mass is 19.1. The molecule has 2 rings (SSSR count). The molecule has 0 amide bonds. The summed E-state index contributed by atoms with van der Waals surface area (Å²) >= 11 is 0. The first-order chi connectivity index (χ1) is 8.74. The lowest BCUT2D eigenvalue weighted by atomic mass is 10.3. The van der Waals surface area contributed by atoms with E-state index >= 15 is 0 Å². The average molecular weight is 249 g/mol. The maximum Gasteiger partial charge on any atom is 0.165 e. The molecule has 1 N–H and O–H groups in total. The number of hydrogen-bond acceptors (Lipinski definition) is 3. The van der Waals surface area contributed by atoms with Gasteiger partial charge in [-0.05, 0) is 19.1 Å². The zero-order chi connectivity index (χ0) is 13.0. The Morgan fingerprint density at radius 3 is 3.00 bits per heavy atom. The molecular weight excluding hydrogens is 233 g/mol. The van der Waals surface area contributed by atoms with Gasteiger partial charge in [-0.2, -0.15) is 0 Å². The van der Waals surface area contributed by atoms with Crippen molar-refractivity contribution in [2.75, 3.05) is 12.4 Å². The normalized spacial score (nSPS) is 10.4. The van der Waals surface area contributed by atoms with Crippen LogP contribution in [0.25, 0.3) is 0 Å². The van der Waals surface area contributed by atoms with E-state index in [9.17, 15) is 4.39 Å². The number of rotatable bonds is 5. The van der Waals surface area contributed by atoms with Gasteiger partial charge in [0.15, 0.2) is 11.6 Å². The molecule has 0 aliphatic rings. The van der Waals surface area contributed by atoms with E-state index in [2.05, 4.69) is 17.2 Å². The van der Waals surface area contributed by atoms with Crippen LogP contribution >= 0.6 is 0 Å². The fourth-order valence-electron chi connectivity index (χ4n) is 1.74. The van der Waals surface area contributed by atoms with Crippen molar-refractivity contribution in [3.05, 3.63) is 42.2 Å². The summed E-state index contributed by atoms with van der Waals surface area (Å²) in [7, 11) is 1.45. The molecule has 1 aromatic heterocycles. The van der Waals surface area contributed by atoms with Crippen LogP contribution in [-0.4, -0.2) is 16.7 Å². The maximum atomic E-state index is 13.2. The SMILES string of the molecule is CCn1cncc1CNc1ccc(F)c(OC)c1. The van der Waals surface area contributed by atoms with Gasteiger partial charge in [0.25, 0.3) is 0 Å². The van der Waals surface area contributed by atoms with E-state index in [4.69, 9.17) is 4.74 Å². The van der Waals surface area contributed by atoms with E-state index in [1.54, 1.807) is 18.5 Å². The molecule has 1 heterocycles. The van der Waals surface area contributed by atoms with Crippen LogP contribution in [0.4, 0.5) is 10.1 Å². The lowest BCUT2D eigenvalue weighted by molar-refractivity contribution is 0.387. The molecule has 4 nitrogen and oxygen atoms in total. The van der Waals surface area contributed by atoms with Crippen LogP contribution in [0.15, 0.2) is 30.7 Å². The van der Waals surface area contributed by atoms with Crippen LogP contribution in [0.2, 0.25) is 0 Å². The number of ether oxygens (including phenoxy) is 1. The summed E-state index contributed by atoms with van der Waals surface area (Å²) in [6.45, 7) is 3.58. The average Bonchev–Trinajstić information content (AvgIpc) is 2.85. The van der Waals surface area contributed by atoms with Crippen LogP contribution in [0.5, 0.6) is 5.75 Å². The summed E-state index contributed by atoms with van der Waals surface area (Å²) in [5.74, 6) is -0.120. The lowest BCUT2D eigenvalue weighted by Crippen LogP contribution is -2.06. The second-order valence-corrected chi connectivity index (χ2v) is 3.87. The molecule has 2 aromatic rings. The quantitative estimate of drug-likeness (QED) is 0.885. The minimum Gasteiger partial charge on any atom is -0.494 e. The van der Waals surface area contributed by atoms with E-state index in [0.29, 0.717) is 6.54 Å². The maximum absolute atomic E-state index is 13.2. The van der Waals surface area contributed by atoms with Crippen molar-refractivity contribution in [3.63, 3.8) is 0 Å². The molecule has 0 aliphatic carbocycles. The Kier molecular flexibility index (Phi) is 3.82. The van der Waals surface area contributed by atoms with E-state index in [1.165, 1.54) is 13.2 Å². The van der Waals surface area contributed by atoms with Crippen molar-refractivity contribution in [3.8, 4) is 5.75 Å². The molecule has 0 spiro atoms. The van der Waals surface area contributed by atoms with Crippen molar-refractivity contribution < 1.29 is 9.13 Å². The Hall–Kier alpha value is -2.04. The van der Waals surface area contributed by atoms with Gasteiger partial charge in [0, 0.05) is 24.5 Å². The molecule has 5 heteroatoms. The van der Waals surface area contributed by atoms with Gasteiger partial charge < -0.3 is 14.6 Å². The van der Waals surface area contributed by atoms with Crippen molar-refractivity contribution >= 4 is 5.69 Å². The number of aryl methyl sites for hydroxylation is 1. The van der Waals surface area contributed by atoms with E-state index in [1.807, 2.05) is 10.8 Å². The number of nitrogens with zero attached hydrogens (tertiary/aromatic N) is 2. The number of nitrogens with one attached hydrogen (secondary N) is 1. The van der Waals surface area contributed by atoms with Gasteiger partial charge in [0.05, 0.1) is 25.7 Å². The molecule has 0 atom stereocenters. The molecule has 0 aliphatic heterocycles. The predicted molar refractivity (Wildman–Crippen MR) is 68.2 cm³/mol. The molecule has 18 heavy (non-hydrogen) atoms. The first-order valence-corrected chi connectivity index (χ1v) is 5.81. The minimum atomic E-state index is -0.360. The van der Waals surface area contributed by atoms with E-state index in [0.717, 1.165) is 17.9 Å². The monoisotopic (exact) mass is 249 g/mol. The highest BCUT2D eigenvalue weighted by Crippen LogP contribution is 2.21. The third kappa shape index (κ3) is 2.61. The molecule has 0 unspecified atom stereocenters. The number of benzene rings is 1. The number of aromatic nitrogens is 2. The van der Waals surface area contributed by atoms with Crippen LogP contribution in [-0.2, 0) is 13.1 Å². The summed E-state index contributed by atoms with van der Waals surface area (Å²) in [6.07, 6.45) is 3.61. The molecule has 1 aromatic carbocycles. The van der Waals surface area contributed by atoms with Gasteiger partial charge in [0.2, 0.25) is 0 Å². The van der Waals surface area contributed by atoms with E-state index in [-0.39, 0.29) is 11.6 Å². The number of anilines is 1. The number of halogens is 1. The van der Waals surface area contributed by atoms with Crippen molar-refractivity contribution in [2.24, 2.45) is 0 Å². The Morgan fingerprint density at radius 2 is 2.28 bits per heavy atom. The Morgan fingerprint density at radius 1 is 1.44 bits per heavy atom. The summed E-state index contributed by atoms with van der Waals surface area (Å²) in [5, 5.41) is 3.22. The number of imidazole rings is 1. The highest BCUT2D eigenvalue weighted by molar-refractivity contribution is 5.48. The minimum absolute atomic E-state index is 0.240. The summed E-state index contributed by atoms with van der Waals surface area (Å²) in [5.41, 5.74) is 1.90. The fraction of sp³-hybridized carbons (Fsp3) is 0.308. The molecule has 0 fully saturated rings. The first kappa shape index (κ1) is 12.4. The van der Waals surface area contributed by atoms with Crippen LogP contribution in [0.1, 0.15) is 12.6 Å². The topological polar surface area (TPSA) is 39.1 Å². The Balaban J connectivity index is 2.06. The molecule has 0 saturated heterocycles.